The van der Waals surface area contributed by atoms with Gasteiger partial charge in [-0.15, -0.1) is 0 Å². The lowest BCUT2D eigenvalue weighted by Crippen LogP contribution is -2.41. The Bertz CT molecular complexity index is 670. The number of carbonyl (C=O) groups is 1. The van der Waals surface area contributed by atoms with E-state index in [1.807, 2.05) is 0 Å². The number of sulfonamides is 1. The Morgan fingerprint density at radius 3 is 2.42 bits per heavy atom. The van der Waals surface area contributed by atoms with Crippen LogP contribution in [-0.2, 0) is 14.8 Å². The predicted octanol–water partition coefficient (Wildman–Crippen LogP) is 1.45. The van der Waals surface area contributed by atoms with E-state index in [1.54, 1.807) is 31.4 Å². The fraction of sp³-hybridized carbons (Fsp3) is 0.611. The normalized spacial score (nSPS) is 15.5. The molecule has 1 N–H and O–H groups in total. The molecule has 1 saturated heterocycles. The predicted molar refractivity (Wildman–Crippen MR) is 103 cm³/mol. The van der Waals surface area contributed by atoms with Crippen molar-refractivity contribution in [2.75, 3.05) is 50.4 Å². The van der Waals surface area contributed by atoms with Gasteiger partial charge in [-0.05, 0) is 63.2 Å². The molecule has 1 aliphatic rings. The van der Waals surface area contributed by atoms with Crippen molar-refractivity contribution in [3.05, 3.63) is 24.3 Å². The number of benzene rings is 1. The van der Waals surface area contributed by atoms with Crippen LogP contribution in [0.1, 0.15) is 25.7 Å². The lowest BCUT2D eigenvalue weighted by atomic mass is 10.1. The number of likely N-dealkylation sites (tertiary alicyclic amines) is 1. The van der Waals surface area contributed by atoms with Crippen molar-refractivity contribution < 1.29 is 17.9 Å². The Labute approximate surface area is 156 Å². The zero-order valence-electron chi connectivity index (χ0n) is 15.6. The van der Waals surface area contributed by atoms with E-state index in [2.05, 4.69) is 10.2 Å². The number of ether oxygens (including phenoxy) is 1. The topological polar surface area (TPSA) is 79.0 Å². The van der Waals surface area contributed by atoms with Crippen LogP contribution in [0.2, 0.25) is 0 Å². The highest BCUT2D eigenvalue weighted by Crippen LogP contribution is 2.21. The first-order valence-electron chi connectivity index (χ1n) is 9.01. The second-order valence-electron chi connectivity index (χ2n) is 6.57. The van der Waals surface area contributed by atoms with Crippen molar-refractivity contribution in [1.82, 2.24) is 10.2 Å². The van der Waals surface area contributed by atoms with E-state index >= 15 is 0 Å². The summed E-state index contributed by atoms with van der Waals surface area (Å²) in [5, 5.41) is 2.82. The molecule has 146 valence electrons. The van der Waals surface area contributed by atoms with Gasteiger partial charge in [-0.1, -0.05) is 6.42 Å². The number of hydrogen-bond acceptors (Lipinski definition) is 5. The van der Waals surface area contributed by atoms with E-state index in [0.717, 1.165) is 36.6 Å². The third-order valence-corrected chi connectivity index (χ3v) is 5.61. The molecule has 7 nitrogen and oxygen atoms in total. The van der Waals surface area contributed by atoms with E-state index < -0.39 is 10.0 Å². The zero-order valence-corrected chi connectivity index (χ0v) is 16.4. The Morgan fingerprint density at radius 1 is 1.19 bits per heavy atom. The second-order valence-corrected chi connectivity index (χ2v) is 8.48. The molecule has 1 amide bonds. The molecule has 0 bridgehead atoms. The van der Waals surface area contributed by atoms with Crippen LogP contribution in [0.4, 0.5) is 5.69 Å². The second kappa shape index (κ2) is 9.78. The van der Waals surface area contributed by atoms with Crippen LogP contribution in [0.25, 0.3) is 0 Å². The largest absolute Gasteiger partial charge is 0.497 e. The van der Waals surface area contributed by atoms with Crippen LogP contribution in [0.5, 0.6) is 5.75 Å². The molecule has 0 saturated carbocycles. The third kappa shape index (κ3) is 6.49. The average molecular weight is 384 g/mol. The lowest BCUT2D eigenvalue weighted by molar-refractivity contribution is -0.119. The maximum atomic E-state index is 12.2. The third-order valence-electron chi connectivity index (χ3n) is 4.47. The number of nitrogens with one attached hydrogen (secondary N) is 1. The first-order chi connectivity index (χ1) is 12.4. The van der Waals surface area contributed by atoms with Gasteiger partial charge in [-0.25, -0.2) is 8.42 Å². The summed E-state index contributed by atoms with van der Waals surface area (Å²) in [7, 11) is -2.01. The van der Waals surface area contributed by atoms with Gasteiger partial charge >= 0.3 is 0 Å². The van der Waals surface area contributed by atoms with Crippen LogP contribution < -0.4 is 14.4 Å². The monoisotopic (exact) mass is 383 g/mol. The Kier molecular flexibility index (Phi) is 7.71. The fourth-order valence-corrected chi connectivity index (χ4v) is 3.90. The van der Waals surface area contributed by atoms with Gasteiger partial charge in [0.25, 0.3) is 0 Å². The minimum Gasteiger partial charge on any atom is -0.497 e. The molecule has 1 aromatic carbocycles. The summed E-state index contributed by atoms with van der Waals surface area (Å²) in [5.41, 5.74) is 0.441. The zero-order chi connectivity index (χ0) is 19.0. The first-order valence-corrected chi connectivity index (χ1v) is 10.9. The van der Waals surface area contributed by atoms with Gasteiger partial charge in [0.05, 0.1) is 19.1 Å². The lowest BCUT2D eigenvalue weighted by Gasteiger charge is -2.26. The Morgan fingerprint density at radius 2 is 1.85 bits per heavy atom. The molecule has 0 aromatic heterocycles. The van der Waals surface area contributed by atoms with Gasteiger partial charge < -0.3 is 15.0 Å². The van der Waals surface area contributed by atoms with Crippen LogP contribution in [0.15, 0.2) is 24.3 Å². The first kappa shape index (κ1) is 20.5. The van der Waals surface area contributed by atoms with Gasteiger partial charge in [-0.3, -0.25) is 9.10 Å². The number of nitrogens with zero attached hydrogens (tertiary/aromatic N) is 2. The van der Waals surface area contributed by atoms with Gasteiger partial charge in [0.15, 0.2) is 0 Å². The van der Waals surface area contributed by atoms with Gasteiger partial charge in [0, 0.05) is 6.54 Å². The summed E-state index contributed by atoms with van der Waals surface area (Å²) >= 11 is 0. The molecule has 0 unspecified atom stereocenters. The molecule has 1 aliphatic heterocycles. The molecule has 0 aliphatic carbocycles. The summed E-state index contributed by atoms with van der Waals surface area (Å²) in [5.74, 6) is 0.328. The molecule has 1 fully saturated rings. The molecule has 2 rings (SSSR count). The van der Waals surface area contributed by atoms with E-state index in [-0.39, 0.29) is 12.5 Å². The van der Waals surface area contributed by atoms with Crippen molar-refractivity contribution in [2.45, 2.75) is 25.7 Å². The van der Waals surface area contributed by atoms with Crippen molar-refractivity contribution >= 4 is 21.6 Å². The van der Waals surface area contributed by atoms with Gasteiger partial charge in [0.1, 0.15) is 12.3 Å². The highest BCUT2D eigenvalue weighted by atomic mass is 32.2. The number of amides is 1. The Balaban J connectivity index is 1.84. The summed E-state index contributed by atoms with van der Waals surface area (Å²) in [6, 6.07) is 6.60. The van der Waals surface area contributed by atoms with Crippen molar-refractivity contribution in [2.24, 2.45) is 0 Å². The maximum absolute atomic E-state index is 12.2. The smallest absolute Gasteiger partial charge is 0.240 e. The van der Waals surface area contributed by atoms with Crippen molar-refractivity contribution in [3.63, 3.8) is 0 Å². The number of piperidine rings is 1. The van der Waals surface area contributed by atoms with E-state index in [9.17, 15) is 13.2 Å². The van der Waals surface area contributed by atoms with Gasteiger partial charge in [0.2, 0.25) is 15.9 Å². The SMILES string of the molecule is COc1ccc(N(CC(=O)NCCCN2CCCCC2)S(C)(=O)=O)cc1. The van der Waals surface area contributed by atoms with E-state index in [4.69, 9.17) is 4.74 Å². The van der Waals surface area contributed by atoms with Crippen LogP contribution >= 0.6 is 0 Å². The Hall–Kier alpha value is -1.80. The summed E-state index contributed by atoms with van der Waals surface area (Å²) in [6.45, 7) is 3.56. The summed E-state index contributed by atoms with van der Waals surface area (Å²) in [6.07, 6.45) is 5.77. The molecule has 0 spiro atoms. The molecule has 26 heavy (non-hydrogen) atoms. The summed E-state index contributed by atoms with van der Waals surface area (Å²) in [4.78, 5) is 14.6. The highest BCUT2D eigenvalue weighted by Gasteiger charge is 2.20. The molecule has 1 heterocycles. The average Bonchev–Trinajstić information content (AvgIpc) is 2.63. The quantitative estimate of drug-likeness (QED) is 0.653. The number of anilines is 1. The number of rotatable bonds is 9. The minimum atomic E-state index is -3.56. The van der Waals surface area contributed by atoms with E-state index in [0.29, 0.717) is 18.0 Å². The molecule has 0 radical (unpaired) electrons. The van der Waals surface area contributed by atoms with E-state index in [1.165, 1.54) is 19.3 Å². The number of methoxy groups -OCH3 is 1. The summed E-state index contributed by atoms with van der Waals surface area (Å²) < 4.78 is 30.3. The number of hydrogen-bond donors (Lipinski definition) is 1. The highest BCUT2D eigenvalue weighted by molar-refractivity contribution is 7.92. The fourth-order valence-electron chi connectivity index (χ4n) is 3.05. The van der Waals surface area contributed by atoms with Crippen molar-refractivity contribution in [3.8, 4) is 5.75 Å². The molecular weight excluding hydrogens is 354 g/mol. The molecule has 8 heteroatoms. The number of carbonyl (C=O) groups excluding carboxylic acids is 1. The van der Waals surface area contributed by atoms with Crippen LogP contribution in [-0.4, -0.2) is 65.3 Å². The standard InChI is InChI=1S/C18H29N3O4S/c1-25-17-9-7-16(8-10-17)21(26(2,23)24)15-18(22)19-11-6-14-20-12-4-3-5-13-20/h7-10H,3-6,11-15H2,1-2H3,(H,19,22). The van der Waals surface area contributed by atoms with Crippen molar-refractivity contribution in [1.29, 1.82) is 0 Å². The molecule has 0 atom stereocenters. The minimum absolute atomic E-state index is 0.227. The molecular formula is C18H29N3O4S. The van der Waals surface area contributed by atoms with Crippen LogP contribution in [0.3, 0.4) is 0 Å². The maximum Gasteiger partial charge on any atom is 0.240 e. The van der Waals surface area contributed by atoms with Crippen LogP contribution in [0, 0.1) is 0 Å². The van der Waals surface area contributed by atoms with Gasteiger partial charge in [-0.2, -0.15) is 0 Å². The molecule has 1 aromatic rings.